The maximum Gasteiger partial charge on any atom is 0.272 e. The number of Topliss-reactive ketones (excluding diaryl/α,β-unsaturated/α-hetero) is 1. The number of piperidine rings is 1. The van der Waals surface area contributed by atoms with E-state index in [9.17, 15) is 18.8 Å². The molecule has 5 heterocycles. The normalized spacial score (nSPS) is 17.8. The number of nitrogens with zero attached hydrogens (tertiary/aromatic N) is 5. The molecule has 0 bridgehead atoms. The number of carbonyl (C=O) groups excluding carboxylic acids is 3. The van der Waals surface area contributed by atoms with Crippen molar-refractivity contribution in [2.24, 2.45) is 5.92 Å². The third kappa shape index (κ3) is 4.41. The van der Waals surface area contributed by atoms with Gasteiger partial charge in [-0.2, -0.15) is 10.2 Å². The van der Waals surface area contributed by atoms with E-state index in [1.807, 2.05) is 4.90 Å². The van der Waals surface area contributed by atoms with Crippen LogP contribution in [-0.4, -0.2) is 66.5 Å². The van der Waals surface area contributed by atoms with Gasteiger partial charge in [0.05, 0.1) is 36.4 Å². The van der Waals surface area contributed by atoms with E-state index in [4.69, 9.17) is 4.74 Å². The van der Waals surface area contributed by atoms with Crippen molar-refractivity contribution in [2.45, 2.75) is 38.1 Å². The van der Waals surface area contributed by atoms with Crippen LogP contribution in [0.3, 0.4) is 0 Å². The number of pyridine rings is 2. The highest BCUT2D eigenvalue weighted by Crippen LogP contribution is 2.50. The predicted molar refractivity (Wildman–Crippen MR) is 138 cm³/mol. The number of nitrogens with one attached hydrogen (secondary N) is 2. The number of anilines is 1. The van der Waals surface area contributed by atoms with Crippen molar-refractivity contribution in [1.29, 1.82) is 0 Å². The maximum atomic E-state index is 14.4. The Kier molecular flexibility index (Phi) is 5.89. The fraction of sp³-hybridized carbons (Fsp3) is 0.333. The van der Waals surface area contributed by atoms with E-state index < -0.39 is 5.82 Å². The van der Waals surface area contributed by atoms with Gasteiger partial charge in [-0.05, 0) is 50.8 Å². The molecule has 6 rings (SSSR count). The molecule has 2 aliphatic rings. The van der Waals surface area contributed by atoms with Crippen molar-refractivity contribution in [3.63, 3.8) is 0 Å². The Morgan fingerprint density at radius 1 is 1.21 bits per heavy atom. The number of halogens is 1. The number of hydrogen-bond donors (Lipinski definition) is 2. The third-order valence-electron chi connectivity index (χ3n) is 7.65. The van der Waals surface area contributed by atoms with E-state index in [0.717, 1.165) is 19.0 Å². The lowest BCUT2D eigenvalue weighted by Crippen LogP contribution is -2.50. The largest absolute Gasteiger partial charge is 0.481 e. The molecule has 0 unspecified atom stereocenters. The van der Waals surface area contributed by atoms with Crippen LogP contribution >= 0.6 is 0 Å². The van der Waals surface area contributed by atoms with Gasteiger partial charge >= 0.3 is 0 Å². The van der Waals surface area contributed by atoms with Gasteiger partial charge in [-0.1, -0.05) is 0 Å². The number of hydrogen-bond acceptors (Lipinski definition) is 7. The molecule has 0 aromatic carbocycles. The highest BCUT2D eigenvalue weighted by Gasteiger charge is 2.54. The van der Waals surface area contributed by atoms with Crippen molar-refractivity contribution in [2.75, 3.05) is 19.0 Å². The molecule has 39 heavy (non-hydrogen) atoms. The first-order chi connectivity index (χ1) is 18.8. The summed E-state index contributed by atoms with van der Waals surface area (Å²) in [6, 6.07) is 6.42. The number of likely N-dealkylation sites (tertiary alicyclic amines) is 1. The van der Waals surface area contributed by atoms with Gasteiger partial charge in [-0.15, -0.1) is 0 Å². The zero-order valence-electron chi connectivity index (χ0n) is 21.4. The van der Waals surface area contributed by atoms with Gasteiger partial charge in [0.15, 0.2) is 11.6 Å². The van der Waals surface area contributed by atoms with Crippen LogP contribution in [0.1, 0.15) is 53.5 Å². The van der Waals surface area contributed by atoms with Gasteiger partial charge in [0, 0.05) is 41.4 Å². The molecule has 2 N–H and O–H groups in total. The second-order valence-electron chi connectivity index (χ2n) is 10.1. The number of methoxy groups -OCH3 is 1. The van der Waals surface area contributed by atoms with Crippen LogP contribution in [0.2, 0.25) is 0 Å². The van der Waals surface area contributed by atoms with Crippen LogP contribution < -0.4 is 10.1 Å². The molecule has 11 nitrogen and oxygen atoms in total. The minimum absolute atomic E-state index is 0.0647. The van der Waals surface area contributed by atoms with E-state index in [1.54, 1.807) is 29.0 Å². The van der Waals surface area contributed by atoms with Crippen LogP contribution in [0.15, 0.2) is 42.9 Å². The lowest BCUT2D eigenvalue weighted by atomic mass is 9.88. The monoisotopic (exact) mass is 531 g/mol. The summed E-state index contributed by atoms with van der Waals surface area (Å²) in [6.07, 6.45) is 6.93. The maximum absolute atomic E-state index is 14.4. The summed E-state index contributed by atoms with van der Waals surface area (Å²) >= 11 is 0. The van der Waals surface area contributed by atoms with Gasteiger partial charge < -0.3 is 15.0 Å². The molecule has 4 aromatic rings. The standard InChI is InChI=1S/C27H26FN7O4/c1-15(36)17-3-4-23-22(13-30-35(23)14-17)31-25(37)16-5-8-34(27(11-16)6-7-27)26(38)21-10-20(32-33-21)18-9-24(39-2)29-12-19(18)28/h3-4,9-10,12-14,16H,5-8,11H2,1-2H3,(H,31,37)(H,32,33)/t16-/m0/s1. The van der Waals surface area contributed by atoms with Gasteiger partial charge in [-0.25, -0.2) is 13.9 Å². The van der Waals surface area contributed by atoms with E-state index in [1.165, 1.54) is 26.2 Å². The summed E-state index contributed by atoms with van der Waals surface area (Å²) in [4.78, 5) is 44.0. The number of aromatic nitrogens is 5. The third-order valence-corrected chi connectivity index (χ3v) is 7.65. The van der Waals surface area contributed by atoms with Crippen molar-refractivity contribution in [3.8, 4) is 17.1 Å². The van der Waals surface area contributed by atoms with Crippen molar-refractivity contribution >= 4 is 28.8 Å². The fourth-order valence-corrected chi connectivity index (χ4v) is 5.32. The second-order valence-corrected chi connectivity index (χ2v) is 10.1. The van der Waals surface area contributed by atoms with Gasteiger partial charge in [0.25, 0.3) is 5.91 Å². The molecule has 2 fully saturated rings. The number of H-pyrrole nitrogens is 1. The number of ether oxygens (including phenoxy) is 1. The summed E-state index contributed by atoms with van der Waals surface area (Å²) in [5, 5.41) is 14.1. The molecule has 2 amide bonds. The van der Waals surface area contributed by atoms with Crippen molar-refractivity contribution in [3.05, 3.63) is 59.9 Å². The lowest BCUT2D eigenvalue weighted by Gasteiger charge is -2.39. The highest BCUT2D eigenvalue weighted by atomic mass is 19.1. The number of carbonyl (C=O) groups is 3. The number of fused-ring (bicyclic) bond motifs is 1. The molecule has 1 aliphatic heterocycles. The van der Waals surface area contributed by atoms with E-state index >= 15 is 0 Å². The Bertz CT molecular complexity index is 1620. The molecule has 1 aliphatic carbocycles. The summed E-state index contributed by atoms with van der Waals surface area (Å²) in [6.45, 7) is 1.90. The lowest BCUT2D eigenvalue weighted by molar-refractivity contribution is -0.122. The predicted octanol–water partition coefficient (Wildman–Crippen LogP) is 3.49. The fourth-order valence-electron chi connectivity index (χ4n) is 5.32. The molecule has 12 heteroatoms. The Labute approximate surface area is 222 Å². The van der Waals surface area contributed by atoms with E-state index in [2.05, 4.69) is 25.6 Å². The van der Waals surface area contributed by atoms with Crippen molar-refractivity contribution in [1.82, 2.24) is 29.7 Å². The minimum atomic E-state index is -0.572. The Hall–Kier alpha value is -4.61. The van der Waals surface area contributed by atoms with Gasteiger partial charge in [0.2, 0.25) is 11.8 Å². The molecule has 1 saturated heterocycles. The van der Waals surface area contributed by atoms with E-state index in [0.29, 0.717) is 36.2 Å². The van der Waals surface area contributed by atoms with Gasteiger partial charge in [-0.3, -0.25) is 19.5 Å². The summed E-state index contributed by atoms with van der Waals surface area (Å²) in [7, 11) is 1.44. The van der Waals surface area contributed by atoms with Crippen LogP contribution in [0.25, 0.3) is 16.8 Å². The van der Waals surface area contributed by atoms with Crippen molar-refractivity contribution < 1.29 is 23.5 Å². The molecule has 1 spiro atoms. The quantitative estimate of drug-likeness (QED) is 0.364. The topological polar surface area (TPSA) is 135 Å². The number of rotatable bonds is 6. The van der Waals surface area contributed by atoms with Crippen LogP contribution in [0.4, 0.5) is 10.1 Å². The highest BCUT2D eigenvalue weighted by molar-refractivity contribution is 5.98. The molecule has 200 valence electrons. The average molecular weight is 532 g/mol. The Balaban J connectivity index is 1.15. The molecular formula is C27H26FN7O4. The Morgan fingerprint density at radius 2 is 2.03 bits per heavy atom. The van der Waals surface area contributed by atoms with Gasteiger partial charge in [0.1, 0.15) is 5.69 Å². The zero-order valence-corrected chi connectivity index (χ0v) is 21.4. The smallest absolute Gasteiger partial charge is 0.272 e. The second kappa shape index (κ2) is 9.29. The first-order valence-electron chi connectivity index (χ1n) is 12.6. The SMILES string of the molecule is COc1cc(-c2cc(C(=O)N3CC[C@H](C(=O)Nc4cnn5cc(C(C)=O)ccc45)CC34CC4)[nH]n2)c(F)cn1. The average Bonchev–Trinajstić information content (AvgIpc) is 3.34. The first-order valence-corrected chi connectivity index (χ1v) is 12.6. The first kappa shape index (κ1) is 24.7. The molecule has 0 radical (unpaired) electrons. The zero-order chi connectivity index (χ0) is 27.3. The molecule has 4 aromatic heterocycles. The number of aromatic amines is 1. The van der Waals surface area contributed by atoms with Crippen LogP contribution in [0.5, 0.6) is 5.88 Å². The summed E-state index contributed by atoms with van der Waals surface area (Å²) in [5.41, 5.74) is 2.13. The molecule has 1 atom stereocenters. The summed E-state index contributed by atoms with van der Waals surface area (Å²) < 4.78 is 21.0. The molecule has 1 saturated carbocycles. The summed E-state index contributed by atoms with van der Waals surface area (Å²) in [5.74, 6) is -1.01. The minimum Gasteiger partial charge on any atom is -0.481 e. The number of amides is 2. The van der Waals surface area contributed by atoms with E-state index in [-0.39, 0.29) is 51.9 Å². The number of ketones is 1. The molecular weight excluding hydrogens is 505 g/mol. The Morgan fingerprint density at radius 3 is 2.77 bits per heavy atom. The van der Waals surface area contributed by atoms with Crippen LogP contribution in [0, 0.1) is 11.7 Å². The van der Waals surface area contributed by atoms with Crippen LogP contribution in [-0.2, 0) is 4.79 Å².